The number of carboxylic acids is 1. The summed E-state index contributed by atoms with van der Waals surface area (Å²) in [6, 6.07) is 23.7. The zero-order valence-electron chi connectivity index (χ0n) is 17.6. The van der Waals surface area contributed by atoms with Crippen molar-refractivity contribution in [3.05, 3.63) is 101 Å². The van der Waals surface area contributed by atoms with Crippen molar-refractivity contribution >= 4 is 17.0 Å². The Kier molecular flexibility index (Phi) is 7.09. The van der Waals surface area contributed by atoms with Crippen LogP contribution in [0.4, 0.5) is 4.39 Å². The van der Waals surface area contributed by atoms with Gasteiger partial charge in [0.15, 0.2) is 0 Å². The third kappa shape index (κ3) is 5.30. The van der Waals surface area contributed by atoms with Crippen molar-refractivity contribution in [2.45, 2.75) is 17.4 Å². The van der Waals surface area contributed by atoms with Crippen LogP contribution in [0.25, 0.3) is 0 Å². The SMILES string of the molecule is O=C(O)Cc1cccc(C(c2ccccc2)N2CCN(S(=O)c3ccc(F)cc3)CC2)c1. The first-order valence-electron chi connectivity index (χ1n) is 10.5. The number of piperazine rings is 1. The predicted molar refractivity (Wildman–Crippen MR) is 122 cm³/mol. The van der Waals surface area contributed by atoms with Gasteiger partial charge in [-0.3, -0.25) is 9.69 Å². The molecule has 0 aromatic heterocycles. The van der Waals surface area contributed by atoms with Gasteiger partial charge in [-0.1, -0.05) is 54.6 Å². The maximum absolute atomic E-state index is 13.2. The molecule has 1 N–H and O–H groups in total. The summed E-state index contributed by atoms with van der Waals surface area (Å²) in [4.78, 5) is 14.1. The highest BCUT2D eigenvalue weighted by atomic mass is 32.2. The van der Waals surface area contributed by atoms with Crippen LogP contribution in [0.5, 0.6) is 0 Å². The van der Waals surface area contributed by atoms with Gasteiger partial charge in [0, 0.05) is 26.2 Å². The van der Waals surface area contributed by atoms with Gasteiger partial charge in [-0.2, -0.15) is 0 Å². The maximum Gasteiger partial charge on any atom is 0.307 e. The van der Waals surface area contributed by atoms with E-state index in [1.807, 2.05) is 46.8 Å². The van der Waals surface area contributed by atoms with Gasteiger partial charge in [0.2, 0.25) is 0 Å². The number of nitrogens with zero attached hydrogens (tertiary/aromatic N) is 2. The molecule has 0 radical (unpaired) electrons. The number of carbonyl (C=O) groups is 1. The molecule has 7 heteroatoms. The lowest BCUT2D eigenvalue weighted by Gasteiger charge is -2.39. The molecule has 0 saturated carbocycles. The monoisotopic (exact) mass is 452 g/mol. The first kappa shape index (κ1) is 22.3. The molecule has 2 unspecified atom stereocenters. The molecule has 2 atom stereocenters. The number of benzene rings is 3. The van der Waals surface area contributed by atoms with Crippen LogP contribution in [0.15, 0.2) is 83.8 Å². The number of hydrogen-bond acceptors (Lipinski definition) is 3. The van der Waals surface area contributed by atoms with E-state index in [1.54, 1.807) is 12.1 Å². The maximum atomic E-state index is 13.2. The minimum absolute atomic E-state index is 0.0141. The fourth-order valence-corrected chi connectivity index (χ4v) is 5.29. The zero-order chi connectivity index (χ0) is 22.5. The molecule has 5 nitrogen and oxygen atoms in total. The van der Waals surface area contributed by atoms with Crippen LogP contribution in [0, 0.1) is 5.82 Å². The summed E-state index contributed by atoms with van der Waals surface area (Å²) in [7, 11) is -1.33. The van der Waals surface area contributed by atoms with Gasteiger partial charge in [-0.05, 0) is 41.0 Å². The fraction of sp³-hybridized carbons (Fsp3) is 0.240. The van der Waals surface area contributed by atoms with E-state index in [1.165, 1.54) is 12.1 Å². The van der Waals surface area contributed by atoms with E-state index in [9.17, 15) is 18.5 Å². The predicted octanol–water partition coefficient (Wildman–Crippen LogP) is 3.88. The van der Waals surface area contributed by atoms with Crippen molar-refractivity contribution in [2.24, 2.45) is 0 Å². The summed E-state index contributed by atoms with van der Waals surface area (Å²) in [6.07, 6.45) is -0.0141. The van der Waals surface area contributed by atoms with E-state index in [0.29, 0.717) is 31.1 Å². The Morgan fingerprint density at radius 2 is 1.56 bits per heavy atom. The third-order valence-electron chi connectivity index (χ3n) is 5.63. The molecule has 1 saturated heterocycles. The lowest BCUT2D eigenvalue weighted by Crippen LogP contribution is -2.48. The summed E-state index contributed by atoms with van der Waals surface area (Å²) in [5.74, 6) is -1.19. The molecule has 0 bridgehead atoms. The molecule has 3 aromatic carbocycles. The molecule has 1 aliphatic rings. The van der Waals surface area contributed by atoms with Crippen LogP contribution in [0.1, 0.15) is 22.7 Å². The Morgan fingerprint density at radius 3 is 2.22 bits per heavy atom. The number of aliphatic carboxylic acids is 1. The first-order chi connectivity index (χ1) is 15.5. The molecule has 3 aromatic rings. The average Bonchev–Trinajstić information content (AvgIpc) is 2.80. The molecule has 0 aliphatic carbocycles. The minimum Gasteiger partial charge on any atom is -0.481 e. The largest absolute Gasteiger partial charge is 0.481 e. The van der Waals surface area contributed by atoms with Crippen molar-refractivity contribution in [3.63, 3.8) is 0 Å². The molecule has 32 heavy (non-hydrogen) atoms. The lowest BCUT2D eigenvalue weighted by atomic mass is 9.94. The van der Waals surface area contributed by atoms with Gasteiger partial charge >= 0.3 is 5.97 Å². The van der Waals surface area contributed by atoms with Crippen LogP contribution in [0.3, 0.4) is 0 Å². The second-order valence-electron chi connectivity index (χ2n) is 7.80. The van der Waals surface area contributed by atoms with E-state index >= 15 is 0 Å². The molecular formula is C25H25FN2O3S. The van der Waals surface area contributed by atoms with Gasteiger partial charge in [-0.15, -0.1) is 0 Å². The van der Waals surface area contributed by atoms with E-state index in [2.05, 4.69) is 17.0 Å². The van der Waals surface area contributed by atoms with Crippen molar-refractivity contribution in [3.8, 4) is 0 Å². The number of halogens is 1. The average molecular weight is 453 g/mol. The second kappa shape index (κ2) is 10.2. The van der Waals surface area contributed by atoms with Crippen LogP contribution in [0.2, 0.25) is 0 Å². The molecule has 1 heterocycles. The Bertz CT molecular complexity index is 1080. The van der Waals surface area contributed by atoms with Crippen molar-refractivity contribution in [2.75, 3.05) is 26.2 Å². The highest BCUT2D eigenvalue weighted by Crippen LogP contribution is 2.30. The van der Waals surface area contributed by atoms with Gasteiger partial charge in [0.25, 0.3) is 0 Å². The van der Waals surface area contributed by atoms with E-state index in [-0.39, 0.29) is 18.3 Å². The van der Waals surface area contributed by atoms with Crippen LogP contribution in [-0.2, 0) is 22.2 Å². The van der Waals surface area contributed by atoms with Crippen LogP contribution >= 0.6 is 0 Å². The summed E-state index contributed by atoms with van der Waals surface area (Å²) in [6.45, 7) is 2.63. The number of hydrogen-bond donors (Lipinski definition) is 1. The summed E-state index contributed by atoms with van der Waals surface area (Å²) in [5, 5.41) is 9.19. The first-order valence-corrected chi connectivity index (χ1v) is 11.6. The molecular weight excluding hydrogens is 427 g/mol. The number of rotatable bonds is 7. The van der Waals surface area contributed by atoms with Gasteiger partial charge in [0.05, 0.1) is 17.4 Å². The van der Waals surface area contributed by atoms with Crippen molar-refractivity contribution < 1.29 is 18.5 Å². The highest BCUT2D eigenvalue weighted by molar-refractivity contribution is 7.82. The third-order valence-corrected chi connectivity index (χ3v) is 7.14. The summed E-state index contributed by atoms with van der Waals surface area (Å²) >= 11 is 0. The van der Waals surface area contributed by atoms with Crippen molar-refractivity contribution in [1.29, 1.82) is 0 Å². The molecule has 4 rings (SSSR count). The quantitative estimate of drug-likeness (QED) is 0.591. The van der Waals surface area contributed by atoms with E-state index < -0.39 is 17.0 Å². The van der Waals surface area contributed by atoms with E-state index in [0.717, 1.165) is 16.7 Å². The minimum atomic E-state index is -1.33. The van der Waals surface area contributed by atoms with Crippen LogP contribution in [-0.4, -0.2) is 50.7 Å². The molecule has 166 valence electrons. The standard InChI is InChI=1S/C25H25FN2O3S/c26-22-9-11-23(12-10-22)32(31)28-15-13-27(14-16-28)25(20-6-2-1-3-7-20)21-8-4-5-19(17-21)18-24(29)30/h1-12,17,25H,13-16,18H2,(H,29,30). The summed E-state index contributed by atoms with van der Waals surface area (Å²) < 4.78 is 28.0. The highest BCUT2D eigenvalue weighted by Gasteiger charge is 2.29. The smallest absolute Gasteiger partial charge is 0.307 e. The molecule has 1 fully saturated rings. The Balaban J connectivity index is 1.54. The second-order valence-corrected chi connectivity index (χ2v) is 9.28. The zero-order valence-corrected chi connectivity index (χ0v) is 18.4. The molecule has 0 amide bonds. The van der Waals surface area contributed by atoms with Gasteiger partial charge < -0.3 is 5.11 Å². The van der Waals surface area contributed by atoms with Crippen LogP contribution < -0.4 is 0 Å². The normalized spacial score (nSPS) is 17.0. The van der Waals surface area contributed by atoms with Gasteiger partial charge in [0.1, 0.15) is 16.8 Å². The summed E-state index contributed by atoms with van der Waals surface area (Å²) in [5.41, 5.74) is 2.95. The molecule has 1 aliphatic heterocycles. The Morgan fingerprint density at radius 1 is 0.906 bits per heavy atom. The van der Waals surface area contributed by atoms with Crippen molar-refractivity contribution in [1.82, 2.24) is 9.21 Å². The lowest BCUT2D eigenvalue weighted by molar-refractivity contribution is -0.136. The van der Waals surface area contributed by atoms with Gasteiger partial charge in [-0.25, -0.2) is 12.9 Å². The number of carboxylic acid groups (broad SMARTS) is 1. The van der Waals surface area contributed by atoms with E-state index in [4.69, 9.17) is 0 Å². The Labute approximate surface area is 189 Å². The molecule has 0 spiro atoms. The fourth-order valence-electron chi connectivity index (χ4n) is 4.12. The Hall–Kier alpha value is -2.87. The topological polar surface area (TPSA) is 60.9 Å².